The van der Waals surface area contributed by atoms with Gasteiger partial charge in [0, 0.05) is 14.0 Å². The molecule has 7 nitrogen and oxygen atoms in total. The number of esters is 1. The summed E-state index contributed by atoms with van der Waals surface area (Å²) in [5, 5.41) is 0. The van der Waals surface area contributed by atoms with E-state index in [2.05, 4.69) is 0 Å². The first-order valence-corrected chi connectivity index (χ1v) is 6.03. The van der Waals surface area contributed by atoms with Gasteiger partial charge in [0.05, 0.1) is 19.3 Å². The van der Waals surface area contributed by atoms with Gasteiger partial charge in [0.25, 0.3) is 0 Å². The van der Waals surface area contributed by atoms with Crippen LogP contribution in [0.25, 0.3) is 0 Å². The van der Waals surface area contributed by atoms with E-state index in [-0.39, 0.29) is 31.9 Å². The predicted octanol–water partition coefficient (Wildman–Crippen LogP) is 1.14. The van der Waals surface area contributed by atoms with Gasteiger partial charge in [0.2, 0.25) is 0 Å². The topological polar surface area (TPSA) is 80.3 Å². The average molecular weight is 278 g/mol. The van der Waals surface area contributed by atoms with Crippen LogP contribution in [0.2, 0.25) is 0 Å². The quantitative estimate of drug-likeness (QED) is 0.462. The van der Waals surface area contributed by atoms with Crippen molar-refractivity contribution < 1.29 is 33.3 Å². The molecule has 2 unspecified atom stereocenters. The van der Waals surface area contributed by atoms with Gasteiger partial charge in [-0.2, -0.15) is 0 Å². The molecule has 2 atom stereocenters. The van der Waals surface area contributed by atoms with Gasteiger partial charge in [-0.1, -0.05) is 0 Å². The van der Waals surface area contributed by atoms with E-state index in [1.807, 2.05) is 0 Å². The summed E-state index contributed by atoms with van der Waals surface area (Å²) in [6.07, 6.45) is -1.48. The number of carbonyl (C=O) groups excluding carboxylic acids is 2. The molecule has 0 aromatic rings. The molecule has 0 aromatic carbocycles. The van der Waals surface area contributed by atoms with Crippen LogP contribution >= 0.6 is 0 Å². The summed E-state index contributed by atoms with van der Waals surface area (Å²) >= 11 is 0. The molecule has 0 N–H and O–H groups in total. The zero-order valence-electron chi connectivity index (χ0n) is 11.8. The van der Waals surface area contributed by atoms with E-state index in [1.54, 1.807) is 13.8 Å². The number of hydrogen-bond donors (Lipinski definition) is 0. The van der Waals surface area contributed by atoms with E-state index in [4.69, 9.17) is 23.7 Å². The van der Waals surface area contributed by atoms with Gasteiger partial charge in [-0.15, -0.1) is 0 Å². The molecule has 19 heavy (non-hydrogen) atoms. The van der Waals surface area contributed by atoms with Gasteiger partial charge in [0.15, 0.2) is 0 Å². The van der Waals surface area contributed by atoms with Gasteiger partial charge in [-0.3, -0.25) is 4.79 Å². The van der Waals surface area contributed by atoms with E-state index in [0.29, 0.717) is 6.61 Å². The Balaban J connectivity index is 3.64. The molecule has 112 valence electrons. The molecular weight excluding hydrogens is 256 g/mol. The summed E-state index contributed by atoms with van der Waals surface area (Å²) in [5.41, 5.74) is 0. The summed E-state index contributed by atoms with van der Waals surface area (Å²) in [5.74, 6) is -0.360. The third-order valence-corrected chi connectivity index (χ3v) is 1.94. The zero-order chi connectivity index (χ0) is 14.7. The minimum absolute atomic E-state index is 0.145. The van der Waals surface area contributed by atoms with Crippen molar-refractivity contribution in [1.29, 1.82) is 0 Å². The van der Waals surface area contributed by atoms with Crippen LogP contribution in [0.1, 0.15) is 20.8 Å². The standard InChI is InChI=1S/C12H22O7/c1-9(7-18-11(3)13)17-8-10(2)19-12(14)16-6-5-15-4/h9-10H,5-8H2,1-4H3. The first kappa shape index (κ1) is 17.7. The van der Waals surface area contributed by atoms with Crippen LogP contribution in [0.5, 0.6) is 0 Å². The second-order valence-corrected chi connectivity index (χ2v) is 3.97. The summed E-state index contributed by atoms with van der Waals surface area (Å²) in [6.45, 7) is 5.59. The Morgan fingerprint density at radius 1 is 1.00 bits per heavy atom. The molecule has 0 rings (SSSR count). The lowest BCUT2D eigenvalue weighted by molar-refractivity contribution is -0.145. The van der Waals surface area contributed by atoms with E-state index in [0.717, 1.165) is 0 Å². The highest BCUT2D eigenvalue weighted by Gasteiger charge is 2.13. The van der Waals surface area contributed by atoms with Crippen molar-refractivity contribution in [3.8, 4) is 0 Å². The van der Waals surface area contributed by atoms with Crippen molar-refractivity contribution in [3.63, 3.8) is 0 Å². The maximum Gasteiger partial charge on any atom is 0.508 e. The lowest BCUT2D eigenvalue weighted by Crippen LogP contribution is -2.26. The number of rotatable bonds is 9. The van der Waals surface area contributed by atoms with Crippen LogP contribution < -0.4 is 0 Å². The Labute approximate surface area is 113 Å². The molecule has 0 radical (unpaired) electrons. The molecule has 0 heterocycles. The van der Waals surface area contributed by atoms with Gasteiger partial charge in [0.1, 0.15) is 19.3 Å². The van der Waals surface area contributed by atoms with E-state index in [9.17, 15) is 9.59 Å². The fourth-order valence-corrected chi connectivity index (χ4v) is 1.02. The summed E-state index contributed by atoms with van der Waals surface area (Å²) < 4.78 is 24.5. The highest BCUT2D eigenvalue weighted by atomic mass is 16.7. The van der Waals surface area contributed by atoms with Crippen LogP contribution in [0.4, 0.5) is 4.79 Å². The molecule has 0 bridgehead atoms. The number of carbonyl (C=O) groups is 2. The Kier molecular flexibility index (Phi) is 9.82. The Morgan fingerprint density at radius 3 is 2.26 bits per heavy atom. The smallest absolute Gasteiger partial charge is 0.463 e. The van der Waals surface area contributed by atoms with Gasteiger partial charge < -0.3 is 23.7 Å². The monoisotopic (exact) mass is 278 g/mol. The fraction of sp³-hybridized carbons (Fsp3) is 0.833. The lowest BCUT2D eigenvalue weighted by Gasteiger charge is -2.17. The molecule has 0 aliphatic heterocycles. The molecule has 0 aromatic heterocycles. The minimum atomic E-state index is -0.763. The van der Waals surface area contributed by atoms with Crippen molar-refractivity contribution in [1.82, 2.24) is 0 Å². The molecule has 0 aliphatic carbocycles. The number of hydrogen-bond acceptors (Lipinski definition) is 7. The van der Waals surface area contributed by atoms with Crippen LogP contribution in [-0.2, 0) is 28.5 Å². The number of methoxy groups -OCH3 is 1. The van der Waals surface area contributed by atoms with Crippen LogP contribution in [-0.4, -0.2) is 57.9 Å². The minimum Gasteiger partial charge on any atom is -0.463 e. The van der Waals surface area contributed by atoms with E-state index < -0.39 is 12.3 Å². The molecular formula is C12H22O7. The van der Waals surface area contributed by atoms with Gasteiger partial charge in [-0.25, -0.2) is 4.79 Å². The molecule has 0 saturated carbocycles. The normalized spacial score (nSPS) is 13.5. The third kappa shape index (κ3) is 11.5. The molecule has 0 spiro atoms. The van der Waals surface area contributed by atoms with Gasteiger partial charge >= 0.3 is 12.1 Å². The molecule has 0 amide bonds. The maximum atomic E-state index is 11.2. The summed E-state index contributed by atoms with van der Waals surface area (Å²) in [4.78, 5) is 21.7. The van der Waals surface area contributed by atoms with Crippen LogP contribution in [0, 0.1) is 0 Å². The van der Waals surface area contributed by atoms with Crippen LogP contribution in [0.3, 0.4) is 0 Å². The first-order valence-electron chi connectivity index (χ1n) is 6.03. The predicted molar refractivity (Wildman–Crippen MR) is 65.8 cm³/mol. The second-order valence-electron chi connectivity index (χ2n) is 3.97. The van der Waals surface area contributed by atoms with Crippen molar-refractivity contribution in [2.45, 2.75) is 33.0 Å². The SMILES string of the molecule is COCCOC(=O)OC(C)COC(C)COC(C)=O. The Morgan fingerprint density at radius 2 is 1.68 bits per heavy atom. The van der Waals surface area contributed by atoms with Crippen molar-refractivity contribution >= 4 is 12.1 Å². The molecule has 0 fully saturated rings. The highest BCUT2D eigenvalue weighted by molar-refractivity contribution is 5.65. The lowest BCUT2D eigenvalue weighted by atomic mass is 10.4. The number of ether oxygens (including phenoxy) is 5. The first-order chi connectivity index (χ1) is 8.95. The van der Waals surface area contributed by atoms with Gasteiger partial charge in [-0.05, 0) is 13.8 Å². The second kappa shape index (κ2) is 10.6. The molecule has 0 saturated heterocycles. The molecule has 0 aliphatic rings. The van der Waals surface area contributed by atoms with E-state index >= 15 is 0 Å². The average Bonchev–Trinajstić information content (AvgIpc) is 2.34. The van der Waals surface area contributed by atoms with Crippen molar-refractivity contribution in [2.24, 2.45) is 0 Å². The molecule has 7 heteroatoms. The highest BCUT2D eigenvalue weighted by Crippen LogP contribution is 1.99. The zero-order valence-corrected chi connectivity index (χ0v) is 11.8. The van der Waals surface area contributed by atoms with Crippen molar-refractivity contribution in [3.05, 3.63) is 0 Å². The van der Waals surface area contributed by atoms with Crippen LogP contribution in [0.15, 0.2) is 0 Å². The third-order valence-electron chi connectivity index (χ3n) is 1.94. The van der Waals surface area contributed by atoms with Crippen molar-refractivity contribution in [2.75, 3.05) is 33.5 Å². The Bertz CT molecular complexity index is 267. The maximum absolute atomic E-state index is 11.2. The Hall–Kier alpha value is -1.34. The largest absolute Gasteiger partial charge is 0.508 e. The summed E-state index contributed by atoms with van der Waals surface area (Å²) in [6, 6.07) is 0. The summed E-state index contributed by atoms with van der Waals surface area (Å²) in [7, 11) is 1.51. The fourth-order valence-electron chi connectivity index (χ4n) is 1.02. The van der Waals surface area contributed by atoms with E-state index in [1.165, 1.54) is 14.0 Å².